The second-order valence-electron chi connectivity index (χ2n) is 4.10. The number of hydrogen-bond acceptors (Lipinski definition) is 2. The van der Waals surface area contributed by atoms with E-state index in [4.69, 9.17) is 5.73 Å². The van der Waals surface area contributed by atoms with Gasteiger partial charge in [0, 0.05) is 11.7 Å². The Bertz CT molecular complexity index is 162. The molecule has 2 nitrogen and oxygen atoms in total. The Morgan fingerprint density at radius 2 is 2.00 bits per heavy atom. The topological polar surface area (TPSA) is 43.1 Å². The van der Waals surface area contributed by atoms with E-state index in [2.05, 4.69) is 13.8 Å². The fourth-order valence-corrected chi connectivity index (χ4v) is 2.52. The number of hydrogen-bond donors (Lipinski definition) is 1. The normalized spacial score (nSPS) is 12.7. The number of carbonyl (C=O) groups excluding carboxylic acids is 1. The molecule has 0 aliphatic rings. The molecule has 90 valence electrons. The van der Waals surface area contributed by atoms with E-state index < -0.39 is 0 Å². The van der Waals surface area contributed by atoms with Crippen molar-refractivity contribution >= 4 is 17.7 Å². The predicted octanol–water partition coefficient (Wildman–Crippen LogP) is 3.34. The lowest BCUT2D eigenvalue weighted by Gasteiger charge is -2.10. The number of thioether (sulfide) groups is 1. The van der Waals surface area contributed by atoms with Gasteiger partial charge in [0.2, 0.25) is 5.91 Å². The highest BCUT2D eigenvalue weighted by Gasteiger charge is 2.02. The van der Waals surface area contributed by atoms with Crippen molar-refractivity contribution in [2.45, 2.75) is 64.0 Å². The summed E-state index contributed by atoms with van der Waals surface area (Å²) >= 11 is 1.97. The van der Waals surface area contributed by atoms with Crippen LogP contribution in [-0.2, 0) is 4.79 Å². The molecule has 0 bridgehead atoms. The first-order valence-corrected chi connectivity index (χ1v) is 7.11. The molecule has 0 radical (unpaired) electrons. The number of carbonyl (C=O) groups is 1. The highest BCUT2D eigenvalue weighted by atomic mass is 32.2. The highest BCUT2D eigenvalue weighted by Crippen LogP contribution is 2.18. The van der Waals surface area contributed by atoms with Crippen LogP contribution in [0.3, 0.4) is 0 Å². The van der Waals surface area contributed by atoms with E-state index in [9.17, 15) is 4.79 Å². The van der Waals surface area contributed by atoms with Gasteiger partial charge >= 0.3 is 0 Å². The zero-order valence-corrected chi connectivity index (χ0v) is 10.9. The van der Waals surface area contributed by atoms with Gasteiger partial charge in [0.15, 0.2) is 0 Å². The summed E-state index contributed by atoms with van der Waals surface area (Å²) in [4.78, 5) is 10.5. The van der Waals surface area contributed by atoms with Gasteiger partial charge in [-0.25, -0.2) is 0 Å². The van der Waals surface area contributed by atoms with Crippen molar-refractivity contribution in [1.82, 2.24) is 0 Å². The van der Waals surface area contributed by atoms with Crippen molar-refractivity contribution in [1.29, 1.82) is 0 Å². The van der Waals surface area contributed by atoms with Crippen LogP contribution in [-0.4, -0.2) is 16.9 Å². The molecule has 0 saturated carbocycles. The molecule has 15 heavy (non-hydrogen) atoms. The zero-order valence-electron chi connectivity index (χ0n) is 10.1. The first kappa shape index (κ1) is 14.8. The molecule has 0 spiro atoms. The molecule has 2 N–H and O–H groups in total. The average molecular weight is 231 g/mol. The molecule has 0 fully saturated rings. The third-order valence-corrected chi connectivity index (χ3v) is 3.76. The van der Waals surface area contributed by atoms with Crippen LogP contribution in [0.2, 0.25) is 0 Å². The van der Waals surface area contributed by atoms with E-state index in [1.54, 1.807) is 0 Å². The van der Waals surface area contributed by atoms with Crippen LogP contribution >= 0.6 is 11.8 Å². The summed E-state index contributed by atoms with van der Waals surface area (Å²) in [5.74, 6) is 0.893. The van der Waals surface area contributed by atoms with Crippen molar-refractivity contribution < 1.29 is 4.79 Å². The molecule has 0 aliphatic carbocycles. The number of rotatable bonds is 10. The molecule has 0 saturated heterocycles. The van der Waals surface area contributed by atoms with E-state index in [0.29, 0.717) is 6.42 Å². The molecule has 1 unspecified atom stereocenters. The van der Waals surface area contributed by atoms with Crippen LogP contribution in [0.15, 0.2) is 0 Å². The molecule has 0 aromatic heterocycles. The number of primary amides is 1. The first-order chi connectivity index (χ1) is 7.16. The Balaban J connectivity index is 3.18. The van der Waals surface area contributed by atoms with E-state index in [1.807, 2.05) is 11.8 Å². The van der Waals surface area contributed by atoms with Crippen molar-refractivity contribution in [2.75, 3.05) is 5.75 Å². The second-order valence-corrected chi connectivity index (χ2v) is 5.65. The van der Waals surface area contributed by atoms with Gasteiger partial charge in [-0.15, -0.1) is 0 Å². The monoisotopic (exact) mass is 231 g/mol. The zero-order chi connectivity index (χ0) is 11.5. The Labute approximate surface area is 98.4 Å². The Hall–Kier alpha value is -0.180. The van der Waals surface area contributed by atoms with Gasteiger partial charge in [0.05, 0.1) is 0 Å². The summed E-state index contributed by atoms with van der Waals surface area (Å²) in [5, 5.41) is 0.731. The molecule has 0 aromatic rings. The number of amides is 1. The maximum Gasteiger partial charge on any atom is 0.217 e. The molecular weight excluding hydrogens is 206 g/mol. The van der Waals surface area contributed by atoms with E-state index >= 15 is 0 Å². The van der Waals surface area contributed by atoms with Crippen molar-refractivity contribution in [3.8, 4) is 0 Å². The molecular formula is C12H25NOS. The lowest BCUT2D eigenvalue weighted by atomic mass is 10.1. The average Bonchev–Trinajstić information content (AvgIpc) is 2.19. The van der Waals surface area contributed by atoms with Gasteiger partial charge in [-0.1, -0.05) is 39.5 Å². The van der Waals surface area contributed by atoms with Crippen LogP contribution in [0.25, 0.3) is 0 Å². The second kappa shape index (κ2) is 10.3. The van der Waals surface area contributed by atoms with Gasteiger partial charge in [-0.05, 0) is 18.6 Å². The third-order valence-electron chi connectivity index (χ3n) is 2.43. The van der Waals surface area contributed by atoms with Gasteiger partial charge in [0.1, 0.15) is 0 Å². The van der Waals surface area contributed by atoms with Gasteiger partial charge in [-0.3, -0.25) is 4.79 Å². The predicted molar refractivity (Wildman–Crippen MR) is 69.1 cm³/mol. The summed E-state index contributed by atoms with van der Waals surface area (Å²) in [6, 6.07) is 0. The fraction of sp³-hybridized carbons (Fsp3) is 0.917. The standard InChI is InChI=1S/C12H25NOS/c1-3-4-5-6-8-11(2)15-10-7-9-12(13)14/h11H,3-10H2,1-2H3,(H2,13,14). The Morgan fingerprint density at radius 1 is 1.27 bits per heavy atom. The largest absolute Gasteiger partial charge is 0.370 e. The lowest BCUT2D eigenvalue weighted by molar-refractivity contribution is -0.118. The maximum atomic E-state index is 10.5. The summed E-state index contributed by atoms with van der Waals surface area (Å²) < 4.78 is 0. The summed E-state index contributed by atoms with van der Waals surface area (Å²) in [6.45, 7) is 4.52. The fourth-order valence-electron chi connectivity index (χ4n) is 1.47. The SMILES string of the molecule is CCCCCCC(C)SCCCC(N)=O. The van der Waals surface area contributed by atoms with Crippen molar-refractivity contribution in [3.05, 3.63) is 0 Å². The molecule has 0 heterocycles. The van der Waals surface area contributed by atoms with Gasteiger partial charge < -0.3 is 5.73 Å². The van der Waals surface area contributed by atoms with Crippen molar-refractivity contribution in [2.24, 2.45) is 5.73 Å². The minimum atomic E-state index is -0.175. The van der Waals surface area contributed by atoms with Crippen LogP contribution in [0.1, 0.15) is 58.8 Å². The molecule has 3 heteroatoms. The van der Waals surface area contributed by atoms with Crippen molar-refractivity contribution in [3.63, 3.8) is 0 Å². The number of unbranched alkanes of at least 4 members (excludes halogenated alkanes) is 3. The minimum absolute atomic E-state index is 0.175. The summed E-state index contributed by atoms with van der Waals surface area (Å²) in [6.07, 6.45) is 8.15. The Kier molecular flexibility index (Phi) is 10.2. The molecule has 1 atom stereocenters. The van der Waals surface area contributed by atoms with Crippen LogP contribution < -0.4 is 5.73 Å². The Morgan fingerprint density at radius 3 is 2.60 bits per heavy atom. The quantitative estimate of drug-likeness (QED) is 0.586. The lowest BCUT2D eigenvalue weighted by Crippen LogP contribution is -2.10. The van der Waals surface area contributed by atoms with Gasteiger partial charge in [0.25, 0.3) is 0 Å². The van der Waals surface area contributed by atoms with Crippen LogP contribution in [0.5, 0.6) is 0 Å². The van der Waals surface area contributed by atoms with E-state index in [0.717, 1.165) is 17.4 Å². The third kappa shape index (κ3) is 11.7. The minimum Gasteiger partial charge on any atom is -0.370 e. The van der Waals surface area contributed by atoms with E-state index in [-0.39, 0.29) is 5.91 Å². The maximum absolute atomic E-state index is 10.5. The van der Waals surface area contributed by atoms with Gasteiger partial charge in [-0.2, -0.15) is 11.8 Å². The summed E-state index contributed by atoms with van der Waals surface area (Å²) in [5.41, 5.74) is 5.07. The molecule has 1 amide bonds. The number of nitrogens with two attached hydrogens (primary N) is 1. The highest BCUT2D eigenvalue weighted by molar-refractivity contribution is 7.99. The molecule has 0 aromatic carbocycles. The van der Waals surface area contributed by atoms with Crippen LogP contribution in [0.4, 0.5) is 0 Å². The van der Waals surface area contributed by atoms with E-state index in [1.165, 1.54) is 32.1 Å². The summed E-state index contributed by atoms with van der Waals surface area (Å²) in [7, 11) is 0. The first-order valence-electron chi connectivity index (χ1n) is 6.06. The smallest absolute Gasteiger partial charge is 0.217 e. The molecule has 0 rings (SSSR count). The molecule has 0 aliphatic heterocycles. The van der Waals surface area contributed by atoms with Crippen LogP contribution in [0, 0.1) is 0 Å².